The summed E-state index contributed by atoms with van der Waals surface area (Å²) in [6.45, 7) is 2.01. The average Bonchev–Trinajstić information content (AvgIpc) is 3.08. The molecule has 9 heteroatoms. The van der Waals surface area contributed by atoms with Crippen LogP contribution in [-0.2, 0) is 16.0 Å². The molecular weight excluding hydrogens is 464 g/mol. The zero-order valence-electron chi connectivity index (χ0n) is 21.2. The van der Waals surface area contributed by atoms with Gasteiger partial charge in [-0.05, 0) is 60.6 Å². The number of aryl methyl sites for hydroxylation is 1. The van der Waals surface area contributed by atoms with Crippen molar-refractivity contribution in [2.75, 3.05) is 33.2 Å². The lowest BCUT2D eigenvalue weighted by atomic mass is 9.95. The molecule has 1 aliphatic rings. The smallest absolute Gasteiger partial charge is 0.303 e. The second-order valence-electron chi connectivity index (χ2n) is 8.73. The normalized spacial score (nSPS) is 14.1. The summed E-state index contributed by atoms with van der Waals surface area (Å²) in [6, 6.07) is 6.74. The van der Waals surface area contributed by atoms with Crippen LogP contribution >= 0.6 is 0 Å². The number of ether oxygens (including phenoxy) is 3. The van der Waals surface area contributed by atoms with Crippen molar-refractivity contribution in [2.24, 2.45) is 0 Å². The van der Waals surface area contributed by atoms with Gasteiger partial charge in [0.15, 0.2) is 11.5 Å². The van der Waals surface area contributed by atoms with Gasteiger partial charge in [0.2, 0.25) is 17.1 Å². The van der Waals surface area contributed by atoms with Gasteiger partial charge in [0.25, 0.3) is 0 Å². The highest BCUT2D eigenvalue weighted by atomic mass is 16.5. The van der Waals surface area contributed by atoms with Crippen LogP contribution in [0.3, 0.4) is 0 Å². The van der Waals surface area contributed by atoms with Gasteiger partial charge in [-0.25, -0.2) is 0 Å². The lowest BCUT2D eigenvalue weighted by Gasteiger charge is -2.19. The Balaban J connectivity index is 2.08. The van der Waals surface area contributed by atoms with Gasteiger partial charge in [-0.15, -0.1) is 0 Å². The average molecular weight is 499 g/mol. The van der Waals surface area contributed by atoms with Crippen LogP contribution in [0.4, 0.5) is 5.69 Å². The number of hydrogen-bond acceptors (Lipinski definition) is 7. The fourth-order valence-electron chi connectivity index (χ4n) is 4.65. The number of nitrogens with one attached hydrogen (secondary N) is 2. The van der Waals surface area contributed by atoms with Crippen LogP contribution in [0.15, 0.2) is 29.1 Å². The van der Waals surface area contributed by atoms with Crippen LogP contribution < -0.4 is 30.3 Å². The van der Waals surface area contributed by atoms with Gasteiger partial charge < -0.3 is 30.0 Å². The molecule has 0 bridgehead atoms. The Morgan fingerprint density at radius 2 is 1.78 bits per heavy atom. The summed E-state index contributed by atoms with van der Waals surface area (Å²) in [6.07, 6.45) is 3.45. The molecule has 2 aromatic carbocycles. The molecular formula is C27H34N2O7. The lowest BCUT2D eigenvalue weighted by molar-refractivity contribution is -0.137. The van der Waals surface area contributed by atoms with Crippen LogP contribution in [0.1, 0.15) is 56.2 Å². The van der Waals surface area contributed by atoms with Crippen molar-refractivity contribution in [3.05, 3.63) is 45.6 Å². The van der Waals surface area contributed by atoms with Crippen LogP contribution in [-0.4, -0.2) is 44.9 Å². The van der Waals surface area contributed by atoms with Crippen molar-refractivity contribution in [1.82, 2.24) is 5.32 Å². The second-order valence-corrected chi connectivity index (χ2v) is 8.73. The standard InChI is InChI=1S/C27H34N2O7/c1-16(30)29-20-11-9-17-14-23(34-2)26(35-3)27(36-4)25(17)18-10-12-21(22(31)15-19(18)20)28-13-7-5-6-8-24(32)33/h10,12,14-15,20H,5-9,11,13H2,1-4H3,(H,28,31)(H,29,30)(H,32,33). The third-order valence-electron chi connectivity index (χ3n) is 6.30. The highest BCUT2D eigenvalue weighted by Gasteiger charge is 2.29. The molecule has 0 saturated heterocycles. The lowest BCUT2D eigenvalue weighted by Crippen LogP contribution is -2.26. The third kappa shape index (κ3) is 6.08. The number of carboxylic acids is 1. The minimum atomic E-state index is -0.805. The predicted octanol–water partition coefficient (Wildman–Crippen LogP) is 3.92. The third-order valence-corrected chi connectivity index (χ3v) is 6.30. The molecule has 1 aliphatic carbocycles. The number of aliphatic carboxylic acids is 1. The largest absolute Gasteiger partial charge is 0.493 e. The van der Waals surface area contributed by atoms with Gasteiger partial charge in [-0.1, -0.05) is 12.5 Å². The number of hydrogen-bond donors (Lipinski definition) is 3. The van der Waals surface area contributed by atoms with Gasteiger partial charge in [0.1, 0.15) is 0 Å². The molecule has 3 rings (SSSR count). The number of carbonyl (C=O) groups is 2. The number of carbonyl (C=O) groups excluding carboxylic acids is 1. The molecule has 36 heavy (non-hydrogen) atoms. The summed E-state index contributed by atoms with van der Waals surface area (Å²) in [5.74, 6) is 0.514. The second kappa shape index (κ2) is 12.3. The minimum absolute atomic E-state index is 0.139. The monoisotopic (exact) mass is 498 g/mol. The van der Waals surface area contributed by atoms with Gasteiger partial charge in [-0.3, -0.25) is 14.4 Å². The first-order valence-electron chi connectivity index (χ1n) is 12.0. The van der Waals surface area contributed by atoms with E-state index in [4.69, 9.17) is 19.3 Å². The molecule has 0 heterocycles. The van der Waals surface area contributed by atoms with E-state index in [-0.39, 0.29) is 23.8 Å². The topological polar surface area (TPSA) is 123 Å². The van der Waals surface area contributed by atoms with E-state index in [0.717, 1.165) is 29.5 Å². The predicted molar refractivity (Wildman–Crippen MR) is 137 cm³/mol. The summed E-state index contributed by atoms with van der Waals surface area (Å²) in [5.41, 5.74) is 3.47. The molecule has 9 nitrogen and oxygen atoms in total. The van der Waals surface area contributed by atoms with E-state index in [1.54, 1.807) is 33.5 Å². The molecule has 0 spiro atoms. The van der Waals surface area contributed by atoms with E-state index in [0.29, 0.717) is 54.3 Å². The maximum absolute atomic E-state index is 13.2. The maximum Gasteiger partial charge on any atom is 0.303 e. The Hall–Kier alpha value is -3.75. The first kappa shape index (κ1) is 26.8. The molecule has 0 saturated carbocycles. The number of carboxylic acid groups (broad SMARTS) is 1. The van der Waals surface area contributed by atoms with Crippen molar-refractivity contribution in [1.29, 1.82) is 0 Å². The van der Waals surface area contributed by atoms with Crippen molar-refractivity contribution in [3.63, 3.8) is 0 Å². The van der Waals surface area contributed by atoms with Crippen LogP contribution in [0.2, 0.25) is 0 Å². The Bertz CT molecular complexity index is 1180. The van der Waals surface area contributed by atoms with E-state index in [9.17, 15) is 14.4 Å². The quantitative estimate of drug-likeness (QED) is 0.399. The molecule has 2 aromatic rings. The number of methoxy groups -OCH3 is 3. The fraction of sp³-hybridized carbons (Fsp3) is 0.444. The summed E-state index contributed by atoms with van der Waals surface area (Å²) in [5, 5.41) is 15.0. The molecule has 3 N–H and O–H groups in total. The molecule has 0 fully saturated rings. The van der Waals surface area contributed by atoms with E-state index >= 15 is 0 Å². The first-order chi connectivity index (χ1) is 17.3. The molecule has 194 valence electrons. The van der Waals surface area contributed by atoms with E-state index in [1.807, 2.05) is 12.1 Å². The molecule has 0 aromatic heterocycles. The molecule has 0 radical (unpaired) electrons. The summed E-state index contributed by atoms with van der Waals surface area (Å²) < 4.78 is 16.9. The maximum atomic E-state index is 13.2. The van der Waals surface area contributed by atoms with Gasteiger partial charge in [0.05, 0.1) is 33.1 Å². The number of unbranched alkanes of at least 4 members (excludes halogenated alkanes) is 2. The Morgan fingerprint density at radius 3 is 2.42 bits per heavy atom. The summed E-state index contributed by atoms with van der Waals surface area (Å²) in [4.78, 5) is 35.9. The first-order valence-corrected chi connectivity index (χ1v) is 12.0. The number of rotatable bonds is 11. The van der Waals surface area contributed by atoms with Gasteiger partial charge >= 0.3 is 5.97 Å². The van der Waals surface area contributed by atoms with Crippen LogP contribution in [0, 0.1) is 0 Å². The number of anilines is 1. The zero-order chi connectivity index (χ0) is 26.2. The van der Waals surface area contributed by atoms with E-state index in [2.05, 4.69) is 10.6 Å². The molecule has 1 unspecified atom stereocenters. The van der Waals surface area contributed by atoms with Gasteiger partial charge in [-0.2, -0.15) is 0 Å². The Kier molecular flexibility index (Phi) is 9.16. The number of fused-ring (bicyclic) bond motifs is 3. The highest BCUT2D eigenvalue weighted by molar-refractivity contribution is 5.83. The molecule has 1 atom stereocenters. The Morgan fingerprint density at radius 1 is 1.03 bits per heavy atom. The molecule has 1 amide bonds. The van der Waals surface area contributed by atoms with E-state index in [1.165, 1.54) is 6.92 Å². The summed E-state index contributed by atoms with van der Waals surface area (Å²) >= 11 is 0. The van der Waals surface area contributed by atoms with Crippen molar-refractivity contribution >= 4 is 17.6 Å². The molecule has 0 aliphatic heterocycles. The van der Waals surface area contributed by atoms with Crippen molar-refractivity contribution in [3.8, 4) is 28.4 Å². The van der Waals surface area contributed by atoms with Gasteiger partial charge in [0, 0.05) is 25.5 Å². The van der Waals surface area contributed by atoms with Crippen LogP contribution in [0.25, 0.3) is 11.1 Å². The Labute approximate surface area is 210 Å². The fourth-order valence-corrected chi connectivity index (χ4v) is 4.65. The number of amides is 1. The number of benzene rings is 1. The van der Waals surface area contributed by atoms with Crippen molar-refractivity contribution < 1.29 is 28.9 Å². The summed E-state index contributed by atoms with van der Waals surface area (Å²) in [7, 11) is 4.67. The van der Waals surface area contributed by atoms with Crippen molar-refractivity contribution in [2.45, 2.75) is 51.5 Å². The zero-order valence-corrected chi connectivity index (χ0v) is 21.2. The SMILES string of the molecule is COc1cc2c(c(OC)c1OC)-c1ccc(NCCCCCC(=O)O)c(=O)cc1C(NC(C)=O)CC2. The van der Waals surface area contributed by atoms with E-state index < -0.39 is 5.97 Å². The van der Waals surface area contributed by atoms with Crippen LogP contribution in [0.5, 0.6) is 17.2 Å². The highest BCUT2D eigenvalue weighted by Crippen LogP contribution is 2.50. The minimum Gasteiger partial charge on any atom is -0.493 e.